The van der Waals surface area contributed by atoms with Gasteiger partial charge in [-0.1, -0.05) is 12.1 Å². The second-order valence-corrected chi connectivity index (χ2v) is 5.29. The van der Waals surface area contributed by atoms with Crippen LogP contribution in [0.1, 0.15) is 11.1 Å². The van der Waals surface area contributed by atoms with E-state index in [0.717, 1.165) is 10.9 Å². The van der Waals surface area contributed by atoms with Gasteiger partial charge >= 0.3 is 5.63 Å². The number of ether oxygens (including phenoxy) is 3. The Morgan fingerprint density at radius 2 is 1.78 bits per heavy atom. The van der Waals surface area contributed by atoms with Crippen molar-refractivity contribution in [3.8, 4) is 23.0 Å². The monoisotopic (exact) mass is 310 g/mol. The fourth-order valence-electron chi connectivity index (χ4n) is 2.86. The third-order valence-corrected chi connectivity index (χ3v) is 4.00. The van der Waals surface area contributed by atoms with E-state index in [4.69, 9.17) is 18.6 Å². The molecule has 0 bridgehead atoms. The summed E-state index contributed by atoms with van der Waals surface area (Å²) in [5.74, 6) is 2.40. The molecule has 1 aliphatic rings. The summed E-state index contributed by atoms with van der Waals surface area (Å²) in [6.45, 7) is 0. The van der Waals surface area contributed by atoms with Crippen molar-refractivity contribution in [2.75, 3.05) is 14.2 Å². The van der Waals surface area contributed by atoms with Crippen LogP contribution in [0.5, 0.6) is 23.0 Å². The number of hydrogen-bond acceptors (Lipinski definition) is 5. The van der Waals surface area contributed by atoms with Gasteiger partial charge in [-0.15, -0.1) is 0 Å². The standard InChI is InChI=1S/C18H14O5/c1-20-15-8-10-7-12-17(22-14(10)9-16(15)21-2)11-5-3-4-6-13(11)23-18(12)19/h3-6,8-9H,7H2,1-2H3. The highest BCUT2D eigenvalue weighted by molar-refractivity contribution is 5.85. The molecule has 1 aromatic heterocycles. The molecular formula is C18H14O5. The summed E-state index contributed by atoms with van der Waals surface area (Å²) in [7, 11) is 3.15. The van der Waals surface area contributed by atoms with Crippen molar-refractivity contribution in [3.05, 3.63) is 57.9 Å². The Balaban J connectivity index is 1.94. The van der Waals surface area contributed by atoms with E-state index in [0.29, 0.717) is 40.6 Å². The van der Waals surface area contributed by atoms with Crippen molar-refractivity contribution >= 4 is 11.0 Å². The van der Waals surface area contributed by atoms with E-state index in [1.165, 1.54) is 0 Å². The molecule has 5 heteroatoms. The Kier molecular flexibility index (Phi) is 3.01. The quantitative estimate of drug-likeness (QED) is 0.530. The fourth-order valence-corrected chi connectivity index (χ4v) is 2.86. The van der Waals surface area contributed by atoms with Gasteiger partial charge in [0.25, 0.3) is 0 Å². The van der Waals surface area contributed by atoms with Crippen LogP contribution in [0.3, 0.4) is 0 Å². The second-order valence-electron chi connectivity index (χ2n) is 5.29. The van der Waals surface area contributed by atoms with Gasteiger partial charge in [-0.3, -0.25) is 0 Å². The molecule has 0 spiro atoms. The van der Waals surface area contributed by atoms with Gasteiger partial charge in [0, 0.05) is 18.1 Å². The zero-order chi connectivity index (χ0) is 16.0. The molecule has 0 fully saturated rings. The lowest BCUT2D eigenvalue weighted by Gasteiger charge is -2.22. The van der Waals surface area contributed by atoms with Gasteiger partial charge < -0.3 is 18.6 Å². The van der Waals surface area contributed by atoms with Crippen molar-refractivity contribution < 1.29 is 18.6 Å². The second kappa shape index (κ2) is 5.05. The average molecular weight is 310 g/mol. The third-order valence-electron chi connectivity index (χ3n) is 4.00. The predicted octanol–water partition coefficient (Wildman–Crippen LogP) is 3.51. The highest BCUT2D eigenvalue weighted by atomic mass is 16.5. The highest BCUT2D eigenvalue weighted by Crippen LogP contribution is 2.43. The lowest BCUT2D eigenvalue weighted by atomic mass is 9.99. The Hall–Kier alpha value is -2.95. The summed E-state index contributed by atoms with van der Waals surface area (Å²) in [5, 5.41) is 0.780. The van der Waals surface area contributed by atoms with Crippen LogP contribution in [0.25, 0.3) is 11.0 Å². The van der Waals surface area contributed by atoms with Crippen LogP contribution in [0.15, 0.2) is 45.6 Å². The van der Waals surface area contributed by atoms with Crippen molar-refractivity contribution in [2.45, 2.75) is 6.42 Å². The van der Waals surface area contributed by atoms with E-state index in [9.17, 15) is 4.79 Å². The highest BCUT2D eigenvalue weighted by Gasteiger charge is 2.25. The van der Waals surface area contributed by atoms with Crippen LogP contribution < -0.4 is 19.8 Å². The van der Waals surface area contributed by atoms with E-state index in [2.05, 4.69) is 0 Å². The van der Waals surface area contributed by atoms with Crippen LogP contribution in [-0.2, 0) is 6.42 Å². The fraction of sp³-hybridized carbons (Fsp3) is 0.167. The molecule has 0 saturated carbocycles. The summed E-state index contributed by atoms with van der Waals surface area (Å²) in [5.41, 5.74) is 1.51. The molecule has 0 amide bonds. The van der Waals surface area contributed by atoms with Crippen LogP contribution in [0.2, 0.25) is 0 Å². The van der Waals surface area contributed by atoms with Gasteiger partial charge in [-0.25, -0.2) is 4.79 Å². The lowest BCUT2D eigenvalue weighted by molar-refractivity contribution is 0.350. The number of para-hydroxylation sites is 1. The molecule has 0 saturated heterocycles. The number of methoxy groups -OCH3 is 2. The number of hydrogen-bond donors (Lipinski definition) is 0. The molecule has 4 rings (SSSR count). The van der Waals surface area contributed by atoms with Gasteiger partial charge in [-0.05, 0) is 18.2 Å². The van der Waals surface area contributed by atoms with Gasteiger partial charge in [0.1, 0.15) is 17.1 Å². The van der Waals surface area contributed by atoms with Crippen molar-refractivity contribution in [1.82, 2.24) is 0 Å². The summed E-state index contributed by atoms with van der Waals surface area (Å²) in [6.07, 6.45) is 0.429. The number of fused-ring (bicyclic) bond motifs is 4. The Morgan fingerprint density at radius 1 is 1.04 bits per heavy atom. The molecule has 0 atom stereocenters. The smallest absolute Gasteiger partial charge is 0.343 e. The first kappa shape index (κ1) is 13.7. The van der Waals surface area contributed by atoms with E-state index in [1.54, 1.807) is 26.4 Å². The van der Waals surface area contributed by atoms with E-state index >= 15 is 0 Å². The minimum atomic E-state index is -0.376. The molecule has 2 aromatic carbocycles. The van der Waals surface area contributed by atoms with Gasteiger partial charge in [-0.2, -0.15) is 0 Å². The molecule has 116 valence electrons. The molecule has 0 N–H and O–H groups in total. The van der Waals surface area contributed by atoms with Gasteiger partial charge in [0.05, 0.1) is 25.2 Å². The number of rotatable bonds is 2. The summed E-state index contributed by atoms with van der Waals surface area (Å²) in [6, 6.07) is 10.9. The Labute approximate surface area is 132 Å². The summed E-state index contributed by atoms with van der Waals surface area (Å²) in [4.78, 5) is 12.3. The topological polar surface area (TPSA) is 57.9 Å². The summed E-state index contributed by atoms with van der Waals surface area (Å²) < 4.78 is 22.0. The van der Waals surface area contributed by atoms with E-state index < -0.39 is 0 Å². The van der Waals surface area contributed by atoms with Crippen molar-refractivity contribution in [3.63, 3.8) is 0 Å². The first-order valence-corrected chi connectivity index (χ1v) is 7.18. The van der Waals surface area contributed by atoms with Crippen molar-refractivity contribution in [1.29, 1.82) is 0 Å². The third kappa shape index (κ3) is 2.04. The molecule has 0 unspecified atom stereocenters. The molecule has 2 heterocycles. The molecule has 3 aromatic rings. The maximum absolute atomic E-state index is 12.3. The minimum absolute atomic E-state index is 0.376. The predicted molar refractivity (Wildman–Crippen MR) is 84.9 cm³/mol. The molecule has 1 aliphatic heterocycles. The maximum Gasteiger partial charge on any atom is 0.343 e. The number of benzene rings is 2. The van der Waals surface area contributed by atoms with Gasteiger partial charge in [0.15, 0.2) is 11.5 Å². The zero-order valence-electron chi connectivity index (χ0n) is 12.7. The average Bonchev–Trinajstić information content (AvgIpc) is 2.59. The molecule has 0 radical (unpaired) electrons. The van der Waals surface area contributed by atoms with Crippen molar-refractivity contribution in [2.24, 2.45) is 0 Å². The Morgan fingerprint density at radius 3 is 2.57 bits per heavy atom. The van der Waals surface area contributed by atoms with Crippen LogP contribution >= 0.6 is 0 Å². The molecular weight excluding hydrogens is 296 g/mol. The van der Waals surface area contributed by atoms with E-state index in [1.807, 2.05) is 24.3 Å². The van der Waals surface area contributed by atoms with E-state index in [-0.39, 0.29) is 5.63 Å². The van der Waals surface area contributed by atoms with Crippen LogP contribution in [-0.4, -0.2) is 14.2 Å². The van der Waals surface area contributed by atoms with Crippen LogP contribution in [0, 0.1) is 0 Å². The zero-order valence-corrected chi connectivity index (χ0v) is 12.7. The molecule has 5 nitrogen and oxygen atoms in total. The lowest BCUT2D eigenvalue weighted by Crippen LogP contribution is -2.14. The molecule has 0 aliphatic carbocycles. The van der Waals surface area contributed by atoms with Crippen LogP contribution in [0.4, 0.5) is 0 Å². The van der Waals surface area contributed by atoms with Gasteiger partial charge in [0.2, 0.25) is 0 Å². The molecule has 23 heavy (non-hydrogen) atoms. The Bertz CT molecular complexity index is 971. The maximum atomic E-state index is 12.3. The first-order valence-electron chi connectivity index (χ1n) is 7.18. The summed E-state index contributed by atoms with van der Waals surface area (Å²) >= 11 is 0. The first-order chi connectivity index (χ1) is 11.2. The SMILES string of the molecule is COc1cc2c(cc1OC)Oc1c(c(=O)oc3ccccc13)C2. The normalized spacial score (nSPS) is 12.3. The largest absolute Gasteiger partial charge is 0.493 e. The minimum Gasteiger partial charge on any atom is -0.493 e.